The third-order valence-corrected chi connectivity index (χ3v) is 5.22. The van der Waals surface area contributed by atoms with Gasteiger partial charge in [-0.2, -0.15) is 0 Å². The van der Waals surface area contributed by atoms with Gasteiger partial charge in [-0.3, -0.25) is 0 Å². The van der Waals surface area contributed by atoms with E-state index in [1.165, 1.54) is 5.71 Å². The lowest BCUT2D eigenvalue weighted by molar-refractivity contribution is -0.498. The van der Waals surface area contributed by atoms with E-state index in [-0.39, 0.29) is 0 Å². The minimum atomic E-state index is 0.638. The fourth-order valence-corrected chi connectivity index (χ4v) is 3.76. The molecule has 0 radical (unpaired) electrons. The Morgan fingerprint density at radius 1 is 0.786 bits per heavy atom. The van der Waals surface area contributed by atoms with Crippen molar-refractivity contribution in [1.82, 2.24) is 0 Å². The van der Waals surface area contributed by atoms with Crippen LogP contribution < -0.4 is 23.7 Å². The summed E-state index contributed by atoms with van der Waals surface area (Å²) in [7, 11) is 10.4. The summed E-state index contributed by atoms with van der Waals surface area (Å²) in [5, 5.41) is 0. The van der Waals surface area contributed by atoms with Crippen molar-refractivity contribution in [2.75, 3.05) is 49.1 Å². The van der Waals surface area contributed by atoms with Gasteiger partial charge < -0.3 is 23.7 Å². The van der Waals surface area contributed by atoms with Crippen LogP contribution in [0.4, 0.5) is 0 Å². The van der Waals surface area contributed by atoms with Gasteiger partial charge in [0.15, 0.2) is 28.7 Å². The minimum Gasteiger partial charge on any atom is -0.493 e. The summed E-state index contributed by atoms with van der Waals surface area (Å²) in [5.41, 5.74) is 4.61. The molecule has 0 N–H and O–H groups in total. The summed E-state index contributed by atoms with van der Waals surface area (Å²) in [6.07, 6.45) is 1.63. The lowest BCUT2D eigenvalue weighted by atomic mass is 9.91. The van der Waals surface area contributed by atoms with Crippen molar-refractivity contribution in [3.63, 3.8) is 0 Å². The molecule has 0 atom stereocenters. The van der Waals surface area contributed by atoms with Crippen LogP contribution in [0, 0.1) is 0 Å². The second-order valence-electron chi connectivity index (χ2n) is 6.66. The third-order valence-electron chi connectivity index (χ3n) is 5.22. The fraction of sp³-hybridized carbons (Fsp3) is 0.409. The van der Waals surface area contributed by atoms with Gasteiger partial charge in [0, 0.05) is 12.0 Å². The van der Waals surface area contributed by atoms with E-state index < -0.39 is 0 Å². The lowest BCUT2D eigenvalue weighted by Gasteiger charge is -2.22. The summed E-state index contributed by atoms with van der Waals surface area (Å²) >= 11 is 0. The Kier molecular flexibility index (Phi) is 5.97. The SMILES string of the molecule is COc1ccc(CC2=[N+](C)CCc3c2cc(OC)c(OC)c3OC)cc1OC. The van der Waals surface area contributed by atoms with Gasteiger partial charge in [0.2, 0.25) is 5.75 Å². The van der Waals surface area contributed by atoms with Crippen LogP contribution in [0.1, 0.15) is 16.7 Å². The normalized spacial score (nSPS) is 13.1. The van der Waals surface area contributed by atoms with Crippen LogP contribution in [0.25, 0.3) is 0 Å². The lowest BCUT2D eigenvalue weighted by Crippen LogP contribution is -2.29. The molecule has 0 unspecified atom stereocenters. The van der Waals surface area contributed by atoms with E-state index in [0.717, 1.165) is 53.3 Å². The summed E-state index contributed by atoms with van der Waals surface area (Å²) in [5.74, 6) is 3.50. The van der Waals surface area contributed by atoms with Crippen LogP contribution in [-0.2, 0) is 12.8 Å². The molecule has 6 nitrogen and oxygen atoms in total. The Morgan fingerprint density at radius 3 is 2.07 bits per heavy atom. The van der Waals surface area contributed by atoms with E-state index in [1.807, 2.05) is 18.2 Å². The Bertz CT molecular complexity index is 904. The van der Waals surface area contributed by atoms with Gasteiger partial charge in [-0.15, -0.1) is 0 Å². The van der Waals surface area contributed by atoms with Gasteiger partial charge in [0.05, 0.1) is 47.5 Å². The van der Waals surface area contributed by atoms with E-state index in [2.05, 4.69) is 17.7 Å². The molecule has 0 amide bonds. The Morgan fingerprint density at radius 2 is 1.46 bits per heavy atom. The summed E-state index contributed by atoms with van der Waals surface area (Å²) < 4.78 is 29.9. The molecule has 0 fully saturated rings. The molecular weight excluding hydrogens is 358 g/mol. The molecule has 2 aromatic rings. The number of hydrogen-bond acceptors (Lipinski definition) is 5. The van der Waals surface area contributed by atoms with Crippen molar-refractivity contribution in [2.45, 2.75) is 12.8 Å². The maximum absolute atomic E-state index is 5.70. The molecule has 0 spiro atoms. The number of likely N-dealkylation sites (N-methyl/N-ethyl adjacent to an activating group) is 1. The zero-order valence-corrected chi connectivity index (χ0v) is 17.4. The zero-order chi connectivity index (χ0) is 20.3. The molecule has 1 aliphatic rings. The van der Waals surface area contributed by atoms with Crippen molar-refractivity contribution < 1.29 is 28.3 Å². The predicted molar refractivity (Wildman–Crippen MR) is 108 cm³/mol. The Balaban J connectivity index is 2.09. The quantitative estimate of drug-likeness (QED) is 0.685. The van der Waals surface area contributed by atoms with Gasteiger partial charge in [-0.25, -0.2) is 4.58 Å². The molecule has 3 rings (SSSR count). The monoisotopic (exact) mass is 386 g/mol. The summed E-state index contributed by atoms with van der Waals surface area (Å²) in [6, 6.07) is 8.07. The average Bonchev–Trinajstić information content (AvgIpc) is 2.73. The maximum Gasteiger partial charge on any atom is 0.203 e. The van der Waals surface area contributed by atoms with Crippen LogP contribution in [0.2, 0.25) is 0 Å². The van der Waals surface area contributed by atoms with E-state index >= 15 is 0 Å². The van der Waals surface area contributed by atoms with Crippen molar-refractivity contribution in [3.05, 3.63) is 41.0 Å². The molecule has 150 valence electrons. The van der Waals surface area contributed by atoms with Gasteiger partial charge in [-0.1, -0.05) is 6.07 Å². The van der Waals surface area contributed by atoms with Gasteiger partial charge in [0.25, 0.3) is 0 Å². The second-order valence-corrected chi connectivity index (χ2v) is 6.66. The topological polar surface area (TPSA) is 49.2 Å². The van der Waals surface area contributed by atoms with Gasteiger partial charge in [-0.05, 0) is 23.8 Å². The maximum atomic E-state index is 5.70. The number of rotatable bonds is 7. The molecule has 6 heteroatoms. The number of hydrogen-bond donors (Lipinski definition) is 0. The summed E-state index contributed by atoms with van der Waals surface area (Å²) in [4.78, 5) is 0. The van der Waals surface area contributed by atoms with Crippen LogP contribution in [-0.4, -0.2) is 59.4 Å². The smallest absolute Gasteiger partial charge is 0.203 e. The first kappa shape index (κ1) is 19.9. The molecular formula is C22H28NO5+. The molecule has 0 aromatic heterocycles. The van der Waals surface area contributed by atoms with E-state index in [1.54, 1.807) is 35.5 Å². The molecule has 0 aliphatic carbocycles. The molecule has 0 saturated carbocycles. The van der Waals surface area contributed by atoms with E-state index in [9.17, 15) is 0 Å². The van der Waals surface area contributed by atoms with Crippen molar-refractivity contribution in [3.8, 4) is 28.7 Å². The number of benzene rings is 2. The first-order valence-electron chi connectivity index (χ1n) is 9.17. The highest BCUT2D eigenvalue weighted by Gasteiger charge is 2.30. The van der Waals surface area contributed by atoms with Crippen LogP contribution in [0.5, 0.6) is 28.7 Å². The third kappa shape index (κ3) is 3.46. The molecule has 1 heterocycles. The van der Waals surface area contributed by atoms with Crippen molar-refractivity contribution in [1.29, 1.82) is 0 Å². The molecule has 2 aromatic carbocycles. The number of nitrogens with zero attached hydrogens (tertiary/aromatic N) is 1. The highest BCUT2D eigenvalue weighted by Crippen LogP contribution is 2.43. The van der Waals surface area contributed by atoms with Gasteiger partial charge >= 0.3 is 0 Å². The predicted octanol–water partition coefficient (Wildman–Crippen LogP) is 2.96. The van der Waals surface area contributed by atoms with Crippen molar-refractivity contribution >= 4 is 5.71 Å². The molecule has 1 aliphatic heterocycles. The Labute approximate surface area is 166 Å². The van der Waals surface area contributed by atoms with Crippen LogP contribution in [0.15, 0.2) is 24.3 Å². The van der Waals surface area contributed by atoms with Gasteiger partial charge in [0.1, 0.15) is 13.6 Å². The second kappa shape index (κ2) is 8.42. The minimum absolute atomic E-state index is 0.638. The van der Waals surface area contributed by atoms with E-state index in [4.69, 9.17) is 23.7 Å². The fourth-order valence-electron chi connectivity index (χ4n) is 3.76. The molecule has 28 heavy (non-hydrogen) atoms. The first-order chi connectivity index (χ1) is 13.6. The Hall–Kier alpha value is -2.89. The highest BCUT2D eigenvalue weighted by atomic mass is 16.5. The zero-order valence-electron chi connectivity index (χ0n) is 17.4. The summed E-state index contributed by atoms with van der Waals surface area (Å²) in [6.45, 7) is 0.904. The number of methoxy groups -OCH3 is 5. The average molecular weight is 386 g/mol. The van der Waals surface area contributed by atoms with Crippen molar-refractivity contribution in [2.24, 2.45) is 0 Å². The molecule has 0 bridgehead atoms. The first-order valence-corrected chi connectivity index (χ1v) is 9.17. The van der Waals surface area contributed by atoms with Crippen LogP contribution >= 0.6 is 0 Å². The highest BCUT2D eigenvalue weighted by molar-refractivity contribution is 6.01. The number of ether oxygens (including phenoxy) is 5. The number of fused-ring (bicyclic) bond motifs is 1. The largest absolute Gasteiger partial charge is 0.493 e. The standard InChI is InChI=1S/C22H28NO5/c1-23-10-9-15-16(13-20(26-4)22(28-6)21(15)27-5)17(23)11-14-7-8-18(24-2)19(12-14)25-3/h7-8,12-13H,9-11H2,1-6H3/q+1. The van der Waals surface area contributed by atoms with E-state index in [0.29, 0.717) is 11.5 Å². The molecule has 0 saturated heterocycles. The van der Waals surface area contributed by atoms with Crippen LogP contribution in [0.3, 0.4) is 0 Å².